The van der Waals surface area contributed by atoms with E-state index in [0.717, 1.165) is 12.8 Å². The topological polar surface area (TPSA) is 82.6 Å². The van der Waals surface area contributed by atoms with Crippen molar-refractivity contribution in [2.75, 3.05) is 20.1 Å². The van der Waals surface area contributed by atoms with Gasteiger partial charge in [-0.25, -0.2) is 13.1 Å². The average Bonchev–Trinajstić information content (AvgIpc) is 3.04. The molecule has 0 bridgehead atoms. The zero-order chi connectivity index (χ0) is 15.8. The smallest absolute Gasteiger partial charge is 0.240 e. The van der Waals surface area contributed by atoms with E-state index in [2.05, 4.69) is 32.5 Å². The molecule has 8 heteroatoms. The van der Waals surface area contributed by atoms with E-state index in [0.29, 0.717) is 25.1 Å². The van der Waals surface area contributed by atoms with Gasteiger partial charge < -0.3 is 10.6 Å². The molecule has 0 radical (unpaired) electrons. The summed E-state index contributed by atoms with van der Waals surface area (Å²) in [4.78, 5) is 4.41. The van der Waals surface area contributed by atoms with Crippen LogP contribution in [0.1, 0.15) is 12.8 Å². The molecule has 23 heavy (non-hydrogen) atoms. The fourth-order valence-electron chi connectivity index (χ4n) is 2.17. The summed E-state index contributed by atoms with van der Waals surface area (Å²) in [5.74, 6) is 0.688. The van der Waals surface area contributed by atoms with Gasteiger partial charge in [0.2, 0.25) is 10.0 Å². The lowest BCUT2D eigenvalue weighted by Crippen LogP contribution is -2.45. The highest BCUT2D eigenvalue weighted by Crippen LogP contribution is 2.08. The molecule has 0 saturated carbocycles. The Balaban J connectivity index is 0.00000264. The molecule has 0 fully saturated rings. The summed E-state index contributed by atoms with van der Waals surface area (Å²) in [6, 6.07) is 8.70. The number of sulfonamides is 1. The summed E-state index contributed by atoms with van der Waals surface area (Å²) in [7, 11) is -1.75. The number of rotatable bonds is 6. The lowest BCUT2D eigenvalue weighted by molar-refractivity contribution is 0.579. The van der Waals surface area contributed by atoms with Crippen LogP contribution in [0.2, 0.25) is 0 Å². The van der Waals surface area contributed by atoms with Gasteiger partial charge >= 0.3 is 0 Å². The Kier molecular flexibility index (Phi) is 8.56. The Bertz CT molecular complexity index is 624. The molecule has 1 aromatic carbocycles. The first-order valence-corrected chi connectivity index (χ1v) is 8.77. The van der Waals surface area contributed by atoms with Crippen molar-refractivity contribution in [2.45, 2.75) is 23.8 Å². The maximum atomic E-state index is 12.0. The fraction of sp³-hybridized carbons (Fsp3) is 0.400. The summed E-state index contributed by atoms with van der Waals surface area (Å²) in [5, 5.41) is 6.40. The Morgan fingerprint density at radius 3 is 2.43 bits per heavy atom. The second-order valence-corrected chi connectivity index (χ2v) is 6.76. The van der Waals surface area contributed by atoms with Crippen LogP contribution in [0.15, 0.2) is 52.4 Å². The first-order chi connectivity index (χ1) is 10.6. The van der Waals surface area contributed by atoms with E-state index in [1.807, 2.05) is 0 Å². The van der Waals surface area contributed by atoms with E-state index in [4.69, 9.17) is 0 Å². The summed E-state index contributed by atoms with van der Waals surface area (Å²) in [6.07, 6.45) is 6.25. The second-order valence-electron chi connectivity index (χ2n) is 4.99. The normalized spacial score (nSPS) is 15.3. The molecule has 0 aliphatic heterocycles. The molecule has 0 atom stereocenters. The number of aliphatic imine (C=N–C) groups is 1. The zero-order valence-electron chi connectivity index (χ0n) is 13.0. The molecule has 3 N–H and O–H groups in total. The van der Waals surface area contributed by atoms with Crippen molar-refractivity contribution >= 4 is 40.0 Å². The van der Waals surface area contributed by atoms with Gasteiger partial charge in [-0.3, -0.25) is 4.99 Å². The van der Waals surface area contributed by atoms with Crippen LogP contribution in [-0.4, -0.2) is 40.6 Å². The Morgan fingerprint density at radius 1 is 1.17 bits per heavy atom. The standard InChI is InChI=1S/C15H22N4O2S.HI/c1-16-15(19-13-7-5-6-8-13)17-11-12-18-22(20,21)14-9-3-2-4-10-14;/h2-6,9-10,13,18H,7-8,11-12H2,1H3,(H2,16,17,19);1H. The molecule has 128 valence electrons. The first kappa shape index (κ1) is 19.9. The quantitative estimate of drug-likeness (QED) is 0.202. The predicted molar refractivity (Wildman–Crippen MR) is 104 cm³/mol. The number of nitrogens with zero attached hydrogens (tertiary/aromatic N) is 1. The summed E-state index contributed by atoms with van der Waals surface area (Å²) >= 11 is 0. The van der Waals surface area contributed by atoms with Gasteiger partial charge in [0.1, 0.15) is 0 Å². The van der Waals surface area contributed by atoms with Gasteiger partial charge in [0.25, 0.3) is 0 Å². The Hall–Kier alpha value is -1.13. The van der Waals surface area contributed by atoms with Crippen molar-refractivity contribution < 1.29 is 8.42 Å². The van der Waals surface area contributed by atoms with Crippen LogP contribution in [0.25, 0.3) is 0 Å². The molecule has 0 heterocycles. The van der Waals surface area contributed by atoms with Crippen molar-refractivity contribution in [1.82, 2.24) is 15.4 Å². The van der Waals surface area contributed by atoms with Gasteiger partial charge in [-0.15, -0.1) is 24.0 Å². The van der Waals surface area contributed by atoms with Crippen molar-refractivity contribution in [2.24, 2.45) is 4.99 Å². The molecular weight excluding hydrogens is 427 g/mol. The van der Waals surface area contributed by atoms with Gasteiger partial charge in [-0.05, 0) is 25.0 Å². The number of nitrogens with one attached hydrogen (secondary N) is 3. The van der Waals surface area contributed by atoms with Gasteiger partial charge in [0.05, 0.1) is 4.90 Å². The molecule has 1 aromatic rings. The molecule has 0 spiro atoms. The number of hydrogen-bond donors (Lipinski definition) is 3. The van der Waals surface area contributed by atoms with Crippen LogP contribution in [-0.2, 0) is 10.0 Å². The molecule has 1 aliphatic carbocycles. The van der Waals surface area contributed by atoms with Crippen LogP contribution < -0.4 is 15.4 Å². The summed E-state index contributed by atoms with van der Waals surface area (Å²) in [6.45, 7) is 0.757. The maximum Gasteiger partial charge on any atom is 0.240 e. The van der Waals surface area contributed by atoms with Gasteiger partial charge in [0.15, 0.2) is 5.96 Å². The molecule has 0 saturated heterocycles. The van der Waals surface area contributed by atoms with E-state index in [-0.39, 0.29) is 28.9 Å². The largest absolute Gasteiger partial charge is 0.355 e. The van der Waals surface area contributed by atoms with Crippen molar-refractivity contribution in [3.63, 3.8) is 0 Å². The minimum Gasteiger partial charge on any atom is -0.355 e. The Morgan fingerprint density at radius 2 is 1.83 bits per heavy atom. The highest BCUT2D eigenvalue weighted by Gasteiger charge is 2.13. The number of halogens is 1. The third kappa shape index (κ3) is 6.48. The fourth-order valence-corrected chi connectivity index (χ4v) is 3.23. The monoisotopic (exact) mass is 450 g/mol. The summed E-state index contributed by atoms with van der Waals surface area (Å²) in [5.41, 5.74) is 0. The van der Waals surface area contributed by atoms with Crippen LogP contribution in [0, 0.1) is 0 Å². The average molecular weight is 450 g/mol. The van der Waals surface area contributed by atoms with Crippen LogP contribution in [0.5, 0.6) is 0 Å². The van der Waals surface area contributed by atoms with Gasteiger partial charge in [-0.1, -0.05) is 30.4 Å². The first-order valence-electron chi connectivity index (χ1n) is 7.29. The van der Waals surface area contributed by atoms with E-state index in [1.165, 1.54) is 0 Å². The maximum absolute atomic E-state index is 12.0. The molecule has 6 nitrogen and oxygen atoms in total. The Labute approximate surface area is 154 Å². The molecule has 1 aliphatic rings. The van der Waals surface area contributed by atoms with E-state index < -0.39 is 10.0 Å². The predicted octanol–water partition coefficient (Wildman–Crippen LogP) is 1.47. The highest BCUT2D eigenvalue weighted by atomic mass is 127. The van der Waals surface area contributed by atoms with Crippen molar-refractivity contribution in [3.8, 4) is 0 Å². The van der Waals surface area contributed by atoms with Gasteiger partial charge in [0, 0.05) is 26.2 Å². The molecule has 0 unspecified atom stereocenters. The molecular formula is C15H23IN4O2S. The third-order valence-electron chi connectivity index (χ3n) is 3.34. The zero-order valence-corrected chi connectivity index (χ0v) is 16.2. The van der Waals surface area contributed by atoms with E-state index in [9.17, 15) is 8.42 Å². The van der Waals surface area contributed by atoms with E-state index >= 15 is 0 Å². The highest BCUT2D eigenvalue weighted by molar-refractivity contribution is 14.0. The summed E-state index contributed by atoms with van der Waals surface area (Å²) < 4.78 is 26.6. The van der Waals surface area contributed by atoms with Crippen LogP contribution in [0.4, 0.5) is 0 Å². The molecule has 0 amide bonds. The number of hydrogen-bond acceptors (Lipinski definition) is 3. The van der Waals surface area contributed by atoms with Crippen molar-refractivity contribution in [3.05, 3.63) is 42.5 Å². The number of benzene rings is 1. The minimum atomic E-state index is -3.45. The van der Waals surface area contributed by atoms with E-state index in [1.54, 1.807) is 37.4 Å². The van der Waals surface area contributed by atoms with Crippen LogP contribution >= 0.6 is 24.0 Å². The van der Waals surface area contributed by atoms with Crippen molar-refractivity contribution in [1.29, 1.82) is 0 Å². The molecule has 2 rings (SSSR count). The lowest BCUT2D eigenvalue weighted by atomic mass is 10.2. The van der Waals surface area contributed by atoms with Crippen LogP contribution in [0.3, 0.4) is 0 Å². The van der Waals surface area contributed by atoms with Gasteiger partial charge in [-0.2, -0.15) is 0 Å². The minimum absolute atomic E-state index is 0. The SMILES string of the molecule is CN=C(NCCNS(=O)(=O)c1ccccc1)NC1CC=CC1.I. The lowest BCUT2D eigenvalue weighted by Gasteiger charge is -2.17. The third-order valence-corrected chi connectivity index (χ3v) is 4.81. The molecule has 0 aromatic heterocycles. The number of guanidine groups is 1. The second kappa shape index (κ2) is 9.89.